The van der Waals surface area contributed by atoms with Gasteiger partial charge >= 0.3 is 0 Å². The smallest absolute Gasteiger partial charge is 0.165 e. The molecule has 1 atom stereocenters. The van der Waals surface area contributed by atoms with Gasteiger partial charge in [0.15, 0.2) is 5.82 Å². The van der Waals surface area contributed by atoms with Crippen molar-refractivity contribution >= 4 is 91.8 Å². The Morgan fingerprint density at radius 2 is 1.48 bits per heavy atom. The summed E-state index contributed by atoms with van der Waals surface area (Å²) in [4.78, 5) is 13.3. The Hall–Kier alpha value is -4.84. The van der Waals surface area contributed by atoms with Gasteiger partial charge < -0.3 is 0 Å². The molecule has 0 spiro atoms. The van der Waals surface area contributed by atoms with Gasteiger partial charge in [-0.1, -0.05) is 85.8 Å². The highest BCUT2D eigenvalue weighted by molar-refractivity contribution is 7.25. The minimum Gasteiger partial charge on any atom is -0.292 e. The third-order valence-corrected chi connectivity index (χ3v) is 11.4. The maximum absolute atomic E-state index is 5.52. The highest BCUT2D eigenvalue weighted by Crippen LogP contribution is 2.44. The first kappa shape index (κ1) is 24.6. The van der Waals surface area contributed by atoms with Crippen molar-refractivity contribution < 1.29 is 0 Å². The van der Waals surface area contributed by atoms with Crippen LogP contribution in [0.3, 0.4) is 0 Å². The fourth-order valence-corrected chi connectivity index (χ4v) is 9.47. The molecule has 5 aromatic carbocycles. The molecule has 0 aliphatic heterocycles. The highest BCUT2D eigenvalue weighted by atomic mass is 32.1. The first-order chi connectivity index (χ1) is 21.7. The molecule has 10 rings (SSSR count). The van der Waals surface area contributed by atoms with Crippen molar-refractivity contribution in [2.24, 2.45) is 0 Å². The number of para-hydroxylation sites is 1. The second-order valence-corrected chi connectivity index (χ2v) is 14.0. The lowest BCUT2D eigenvalue weighted by atomic mass is 9.91. The van der Waals surface area contributed by atoms with E-state index in [1.165, 1.54) is 46.8 Å². The Morgan fingerprint density at radius 1 is 0.682 bits per heavy atom. The van der Waals surface area contributed by atoms with Crippen molar-refractivity contribution in [2.75, 3.05) is 0 Å². The van der Waals surface area contributed by atoms with E-state index in [1.807, 2.05) is 11.3 Å². The quantitative estimate of drug-likeness (QED) is 0.198. The Bertz CT molecular complexity index is 2670. The molecular formula is C39H25N3S2. The summed E-state index contributed by atoms with van der Waals surface area (Å²) in [6.45, 7) is 2.34. The molecule has 3 nitrogen and oxygen atoms in total. The minimum atomic E-state index is 0.535. The average Bonchev–Trinajstić information content (AvgIpc) is 3.72. The number of fused-ring (bicyclic) bond motifs is 10. The molecule has 0 N–H and O–H groups in total. The number of hydrogen-bond donors (Lipinski definition) is 0. The first-order valence-electron chi connectivity index (χ1n) is 15.1. The Kier molecular flexibility index (Phi) is 5.08. The third-order valence-electron chi connectivity index (χ3n) is 9.23. The van der Waals surface area contributed by atoms with E-state index in [2.05, 4.69) is 127 Å². The lowest BCUT2D eigenvalue weighted by Gasteiger charge is -2.15. The molecule has 0 bridgehead atoms. The van der Waals surface area contributed by atoms with Crippen molar-refractivity contribution in [1.82, 2.24) is 14.5 Å². The predicted octanol–water partition coefficient (Wildman–Crippen LogP) is 11.5. The van der Waals surface area contributed by atoms with Crippen molar-refractivity contribution in [2.45, 2.75) is 19.3 Å². The first-order valence-corrected chi connectivity index (χ1v) is 16.7. The molecule has 1 unspecified atom stereocenters. The van der Waals surface area contributed by atoms with E-state index in [9.17, 15) is 0 Å². The highest BCUT2D eigenvalue weighted by Gasteiger charge is 2.23. The molecule has 4 aromatic heterocycles. The zero-order valence-corrected chi connectivity index (χ0v) is 25.5. The molecule has 4 heterocycles. The number of rotatable bonds is 2. The number of hydrogen-bond acceptors (Lipinski definition) is 4. The third kappa shape index (κ3) is 3.42. The van der Waals surface area contributed by atoms with Crippen molar-refractivity contribution in [1.29, 1.82) is 0 Å². The second-order valence-electron chi connectivity index (χ2n) is 11.8. The Morgan fingerprint density at radius 3 is 2.39 bits per heavy atom. The minimum absolute atomic E-state index is 0.535. The van der Waals surface area contributed by atoms with Crippen LogP contribution in [-0.4, -0.2) is 14.5 Å². The molecular weight excluding hydrogens is 575 g/mol. The largest absolute Gasteiger partial charge is 0.292 e. The van der Waals surface area contributed by atoms with E-state index in [0.29, 0.717) is 5.92 Å². The standard InChI is InChI=1S/C39H25N3S2/c1-22-9-8-16-33-35(22)27-18-17-25(21-34(27)43-33)36-38(40-37-28-13-5-7-15-32(28)44-39(37)41-36)42-30-14-6-4-12-26(30)29-19-23-10-2-3-11-24(23)20-31(29)42/h2-8,10-22H,9H2,1H3. The monoisotopic (exact) mass is 599 g/mol. The van der Waals surface area contributed by atoms with Crippen LogP contribution in [0, 0.1) is 0 Å². The molecule has 0 amide bonds. The average molecular weight is 600 g/mol. The molecule has 5 heteroatoms. The van der Waals surface area contributed by atoms with Gasteiger partial charge in [-0.3, -0.25) is 4.57 Å². The van der Waals surface area contributed by atoms with Crippen LogP contribution >= 0.6 is 22.7 Å². The van der Waals surface area contributed by atoms with Crippen LogP contribution < -0.4 is 0 Å². The predicted molar refractivity (Wildman–Crippen MR) is 190 cm³/mol. The lowest BCUT2D eigenvalue weighted by molar-refractivity contribution is 0.783. The summed E-state index contributed by atoms with van der Waals surface area (Å²) in [5.41, 5.74) is 6.74. The number of aromatic nitrogens is 3. The summed E-state index contributed by atoms with van der Waals surface area (Å²) in [7, 11) is 0. The van der Waals surface area contributed by atoms with Gasteiger partial charge in [-0.2, -0.15) is 0 Å². The van der Waals surface area contributed by atoms with Crippen molar-refractivity contribution in [3.8, 4) is 17.1 Å². The van der Waals surface area contributed by atoms with Crippen LogP contribution in [0.25, 0.3) is 86.2 Å². The SMILES string of the molecule is CC1CC=Cc2sc3cc(-c4nc5sc6ccccc6c5nc4-n4c5ccccc5c5cc6ccccc6cc54)ccc3c21. The van der Waals surface area contributed by atoms with E-state index in [0.717, 1.165) is 50.3 Å². The summed E-state index contributed by atoms with van der Waals surface area (Å²) in [5.74, 6) is 1.41. The van der Waals surface area contributed by atoms with E-state index >= 15 is 0 Å². The van der Waals surface area contributed by atoms with E-state index < -0.39 is 0 Å². The van der Waals surface area contributed by atoms with Crippen LogP contribution in [0.5, 0.6) is 0 Å². The van der Waals surface area contributed by atoms with Crippen LogP contribution in [-0.2, 0) is 0 Å². The summed E-state index contributed by atoms with van der Waals surface area (Å²) < 4.78 is 4.86. The number of nitrogens with zero attached hydrogens (tertiary/aromatic N) is 3. The summed E-state index contributed by atoms with van der Waals surface area (Å²) in [5, 5.41) is 7.42. The molecule has 0 fully saturated rings. The fraction of sp³-hybridized carbons (Fsp3) is 0.0769. The van der Waals surface area contributed by atoms with Crippen molar-refractivity contribution in [3.05, 3.63) is 120 Å². The topological polar surface area (TPSA) is 30.7 Å². The molecule has 208 valence electrons. The molecule has 9 aromatic rings. The number of allylic oxidation sites excluding steroid dienone is 1. The van der Waals surface area contributed by atoms with Crippen LogP contribution in [0.2, 0.25) is 0 Å². The number of benzene rings is 5. The van der Waals surface area contributed by atoms with Crippen molar-refractivity contribution in [3.63, 3.8) is 0 Å². The zero-order valence-electron chi connectivity index (χ0n) is 23.9. The normalized spacial score (nSPS) is 15.0. The molecule has 0 radical (unpaired) electrons. The van der Waals surface area contributed by atoms with E-state index in [-0.39, 0.29) is 0 Å². The van der Waals surface area contributed by atoms with Gasteiger partial charge in [0.1, 0.15) is 16.0 Å². The van der Waals surface area contributed by atoms with Gasteiger partial charge in [-0.05, 0) is 70.5 Å². The van der Waals surface area contributed by atoms with Gasteiger partial charge in [-0.25, -0.2) is 9.97 Å². The van der Waals surface area contributed by atoms with E-state index in [1.54, 1.807) is 11.3 Å². The summed E-state index contributed by atoms with van der Waals surface area (Å²) in [6, 6.07) is 37.4. The van der Waals surface area contributed by atoms with Gasteiger partial charge in [-0.15, -0.1) is 22.7 Å². The van der Waals surface area contributed by atoms with Gasteiger partial charge in [0.2, 0.25) is 0 Å². The van der Waals surface area contributed by atoms with Crippen LogP contribution in [0.1, 0.15) is 29.7 Å². The molecule has 44 heavy (non-hydrogen) atoms. The van der Waals surface area contributed by atoms with Gasteiger partial charge in [0.05, 0.1) is 11.0 Å². The maximum atomic E-state index is 5.52. The van der Waals surface area contributed by atoms with Gasteiger partial charge in [0, 0.05) is 36.0 Å². The van der Waals surface area contributed by atoms with Crippen LogP contribution in [0.15, 0.2) is 109 Å². The Labute approximate surface area is 261 Å². The lowest BCUT2D eigenvalue weighted by Crippen LogP contribution is -2.03. The second kappa shape index (κ2) is 9.08. The zero-order chi connectivity index (χ0) is 28.9. The molecule has 1 aliphatic rings. The van der Waals surface area contributed by atoms with Gasteiger partial charge in [0.25, 0.3) is 0 Å². The Balaban J connectivity index is 1.34. The maximum Gasteiger partial charge on any atom is 0.165 e. The molecule has 1 aliphatic carbocycles. The summed E-state index contributed by atoms with van der Waals surface area (Å²) in [6.07, 6.45) is 5.71. The van der Waals surface area contributed by atoms with Crippen LogP contribution in [0.4, 0.5) is 0 Å². The molecule has 0 saturated heterocycles. The number of thiophene rings is 2. The molecule has 0 saturated carbocycles. The van der Waals surface area contributed by atoms with E-state index in [4.69, 9.17) is 9.97 Å². The summed E-state index contributed by atoms with van der Waals surface area (Å²) >= 11 is 3.61. The fourth-order valence-electron chi connectivity index (χ4n) is 7.16.